The first-order valence-electron chi connectivity index (χ1n) is 11.6. The Balaban J connectivity index is 1.39. The van der Waals surface area contributed by atoms with E-state index >= 15 is 0 Å². The van der Waals surface area contributed by atoms with Crippen LogP contribution in [0.25, 0.3) is 5.69 Å². The summed E-state index contributed by atoms with van der Waals surface area (Å²) in [5, 5.41) is 14.6. The molecule has 0 aliphatic carbocycles. The summed E-state index contributed by atoms with van der Waals surface area (Å²) < 4.78 is 1.84. The van der Waals surface area contributed by atoms with Crippen molar-refractivity contribution < 1.29 is 9.59 Å². The Morgan fingerprint density at radius 2 is 1.53 bits per heavy atom. The van der Waals surface area contributed by atoms with Crippen molar-refractivity contribution in [3.05, 3.63) is 95.8 Å². The molecule has 0 atom stereocenters. The molecule has 7 nitrogen and oxygen atoms in total. The number of para-hydroxylation sites is 2. The summed E-state index contributed by atoms with van der Waals surface area (Å²) in [6.45, 7) is 8.42. The Kier molecular flexibility index (Phi) is 7.55. The van der Waals surface area contributed by atoms with Crippen LogP contribution in [0, 0.1) is 6.92 Å². The van der Waals surface area contributed by atoms with E-state index in [1.807, 2.05) is 72.2 Å². The summed E-state index contributed by atoms with van der Waals surface area (Å²) in [5.41, 5.74) is 4.87. The second-order valence-electron chi connectivity index (χ2n) is 9.48. The molecule has 0 spiro atoms. The van der Waals surface area contributed by atoms with Crippen molar-refractivity contribution >= 4 is 35.0 Å². The molecule has 184 valence electrons. The van der Waals surface area contributed by atoms with E-state index in [4.69, 9.17) is 0 Å². The maximum absolute atomic E-state index is 12.8. The Labute approximate surface area is 215 Å². The molecule has 2 amide bonds. The van der Waals surface area contributed by atoms with Gasteiger partial charge in [0.1, 0.15) is 6.33 Å². The minimum Gasteiger partial charge on any atom is -0.324 e. The van der Waals surface area contributed by atoms with E-state index < -0.39 is 0 Å². The average molecular weight is 500 g/mol. The lowest BCUT2D eigenvalue weighted by Crippen LogP contribution is -2.18. The molecule has 3 aromatic carbocycles. The SMILES string of the molecule is Cc1ccc(-n2cnnc2SCC(=O)Nc2ccccc2NC(=O)c2ccc(C(C)(C)C)cc2)cc1. The molecule has 0 saturated carbocycles. The number of hydrogen-bond acceptors (Lipinski definition) is 5. The number of benzene rings is 3. The number of nitrogens with one attached hydrogen (secondary N) is 2. The van der Waals surface area contributed by atoms with Gasteiger partial charge in [0.15, 0.2) is 5.16 Å². The van der Waals surface area contributed by atoms with Gasteiger partial charge in [-0.25, -0.2) is 0 Å². The fourth-order valence-corrected chi connectivity index (χ4v) is 4.27. The monoisotopic (exact) mass is 499 g/mol. The molecule has 4 aromatic rings. The van der Waals surface area contributed by atoms with Gasteiger partial charge >= 0.3 is 0 Å². The van der Waals surface area contributed by atoms with Gasteiger partial charge in [-0.1, -0.05) is 74.5 Å². The van der Waals surface area contributed by atoms with Gasteiger partial charge in [-0.3, -0.25) is 14.2 Å². The van der Waals surface area contributed by atoms with Crippen LogP contribution in [0.15, 0.2) is 84.3 Å². The first-order chi connectivity index (χ1) is 17.2. The summed E-state index contributed by atoms with van der Waals surface area (Å²) in [4.78, 5) is 25.6. The predicted octanol–water partition coefficient (Wildman–Crippen LogP) is 5.86. The van der Waals surface area contributed by atoms with Crippen LogP contribution in [-0.2, 0) is 10.2 Å². The van der Waals surface area contributed by atoms with Crippen LogP contribution in [-0.4, -0.2) is 32.3 Å². The molecule has 2 N–H and O–H groups in total. The maximum atomic E-state index is 12.8. The lowest BCUT2D eigenvalue weighted by Gasteiger charge is -2.19. The Morgan fingerprint density at radius 3 is 2.17 bits per heavy atom. The molecule has 0 radical (unpaired) electrons. The van der Waals surface area contributed by atoms with Crippen LogP contribution in [0.4, 0.5) is 11.4 Å². The summed E-state index contributed by atoms with van der Waals surface area (Å²) >= 11 is 1.29. The van der Waals surface area contributed by atoms with Gasteiger partial charge in [0.05, 0.1) is 17.1 Å². The van der Waals surface area contributed by atoms with Gasteiger partial charge in [0, 0.05) is 11.3 Å². The number of amides is 2. The van der Waals surface area contributed by atoms with E-state index in [0.717, 1.165) is 16.8 Å². The zero-order chi connectivity index (χ0) is 25.7. The van der Waals surface area contributed by atoms with E-state index in [2.05, 4.69) is 41.6 Å². The number of anilines is 2. The lowest BCUT2D eigenvalue weighted by atomic mass is 9.87. The summed E-state index contributed by atoms with van der Waals surface area (Å²) in [6, 6.07) is 22.7. The molecule has 36 heavy (non-hydrogen) atoms. The number of hydrogen-bond donors (Lipinski definition) is 2. The molecule has 0 fully saturated rings. The predicted molar refractivity (Wildman–Crippen MR) is 145 cm³/mol. The largest absolute Gasteiger partial charge is 0.324 e. The van der Waals surface area contributed by atoms with E-state index in [1.165, 1.54) is 11.8 Å². The van der Waals surface area contributed by atoms with Gasteiger partial charge in [-0.15, -0.1) is 10.2 Å². The highest BCUT2D eigenvalue weighted by atomic mass is 32.2. The Hall–Kier alpha value is -3.91. The highest BCUT2D eigenvalue weighted by Crippen LogP contribution is 2.25. The van der Waals surface area contributed by atoms with Gasteiger partial charge in [-0.2, -0.15) is 0 Å². The second kappa shape index (κ2) is 10.8. The first-order valence-corrected chi connectivity index (χ1v) is 12.6. The number of aromatic nitrogens is 3. The Morgan fingerprint density at radius 1 is 0.889 bits per heavy atom. The molecule has 4 rings (SSSR count). The second-order valence-corrected chi connectivity index (χ2v) is 10.4. The number of carbonyl (C=O) groups excluding carboxylic acids is 2. The van der Waals surface area contributed by atoms with Crippen LogP contribution >= 0.6 is 11.8 Å². The number of aryl methyl sites for hydroxylation is 1. The molecule has 8 heteroatoms. The van der Waals surface area contributed by atoms with Crippen molar-refractivity contribution in [2.75, 3.05) is 16.4 Å². The molecule has 0 bridgehead atoms. The molecule has 0 aliphatic rings. The standard InChI is InChI=1S/C28H29N5O2S/c1-19-9-15-22(16-10-19)33-18-29-32-27(33)36-17-25(34)30-23-7-5-6-8-24(23)31-26(35)20-11-13-21(14-12-20)28(2,3)4/h5-16,18H,17H2,1-4H3,(H,30,34)(H,31,35). The molecule has 0 unspecified atom stereocenters. The van der Waals surface area contributed by atoms with E-state index in [-0.39, 0.29) is 23.0 Å². The van der Waals surface area contributed by atoms with Crippen molar-refractivity contribution in [1.29, 1.82) is 0 Å². The van der Waals surface area contributed by atoms with Crippen LogP contribution in [0.1, 0.15) is 42.3 Å². The quantitative estimate of drug-likeness (QED) is 0.311. The first kappa shape index (κ1) is 25.2. The molecule has 0 aliphatic heterocycles. The van der Waals surface area contributed by atoms with Gasteiger partial charge in [-0.05, 0) is 54.3 Å². The highest BCUT2D eigenvalue weighted by Gasteiger charge is 2.16. The third-order valence-corrected chi connectivity index (χ3v) is 6.57. The molecule has 1 heterocycles. The summed E-state index contributed by atoms with van der Waals surface area (Å²) in [5.74, 6) is -0.311. The molecular weight excluding hydrogens is 470 g/mol. The van der Waals surface area contributed by atoms with Crippen molar-refractivity contribution in [1.82, 2.24) is 14.8 Å². The number of rotatable bonds is 7. The topological polar surface area (TPSA) is 88.9 Å². The fraction of sp³-hybridized carbons (Fsp3) is 0.214. The normalized spacial score (nSPS) is 11.2. The van der Waals surface area contributed by atoms with Gasteiger partial charge in [0.25, 0.3) is 5.91 Å². The number of nitrogens with zero attached hydrogens (tertiary/aromatic N) is 3. The minimum absolute atomic E-state index is 0.0112. The van der Waals surface area contributed by atoms with Crippen LogP contribution in [0.3, 0.4) is 0 Å². The third-order valence-electron chi connectivity index (χ3n) is 5.62. The molecule has 0 saturated heterocycles. The highest BCUT2D eigenvalue weighted by molar-refractivity contribution is 7.99. The fourth-order valence-electron chi connectivity index (χ4n) is 3.54. The lowest BCUT2D eigenvalue weighted by molar-refractivity contribution is -0.113. The smallest absolute Gasteiger partial charge is 0.255 e. The van der Waals surface area contributed by atoms with Gasteiger partial charge in [0.2, 0.25) is 5.91 Å². The van der Waals surface area contributed by atoms with Crippen LogP contribution in [0.2, 0.25) is 0 Å². The van der Waals surface area contributed by atoms with E-state index in [9.17, 15) is 9.59 Å². The van der Waals surface area contributed by atoms with Crippen molar-refractivity contribution in [2.24, 2.45) is 0 Å². The van der Waals surface area contributed by atoms with E-state index in [0.29, 0.717) is 22.1 Å². The minimum atomic E-state index is -0.238. The summed E-state index contributed by atoms with van der Waals surface area (Å²) in [7, 11) is 0. The van der Waals surface area contributed by atoms with Crippen LogP contribution in [0.5, 0.6) is 0 Å². The summed E-state index contributed by atoms with van der Waals surface area (Å²) in [6.07, 6.45) is 1.63. The zero-order valence-corrected chi connectivity index (χ0v) is 21.6. The maximum Gasteiger partial charge on any atom is 0.255 e. The van der Waals surface area contributed by atoms with Crippen molar-refractivity contribution in [3.8, 4) is 5.69 Å². The molecule has 1 aromatic heterocycles. The average Bonchev–Trinajstić information content (AvgIpc) is 3.32. The van der Waals surface area contributed by atoms with Crippen molar-refractivity contribution in [3.63, 3.8) is 0 Å². The van der Waals surface area contributed by atoms with Crippen LogP contribution < -0.4 is 10.6 Å². The van der Waals surface area contributed by atoms with Gasteiger partial charge < -0.3 is 10.6 Å². The molecular formula is C28H29N5O2S. The third kappa shape index (κ3) is 6.20. The zero-order valence-electron chi connectivity index (χ0n) is 20.8. The number of carbonyl (C=O) groups is 2. The number of thioether (sulfide) groups is 1. The Bertz CT molecular complexity index is 1360. The van der Waals surface area contributed by atoms with E-state index in [1.54, 1.807) is 18.5 Å². The van der Waals surface area contributed by atoms with Crippen molar-refractivity contribution in [2.45, 2.75) is 38.3 Å².